The molecule has 1 unspecified atom stereocenters. The van der Waals surface area contributed by atoms with Crippen LogP contribution in [-0.4, -0.2) is 22.8 Å². The van der Waals surface area contributed by atoms with Crippen LogP contribution in [0.25, 0.3) is 0 Å². The van der Waals surface area contributed by atoms with Crippen LogP contribution in [0.4, 0.5) is 0 Å². The number of aromatic nitrogens is 1. The summed E-state index contributed by atoms with van der Waals surface area (Å²) in [7, 11) is 1.68. The Kier molecular flexibility index (Phi) is 6.04. The summed E-state index contributed by atoms with van der Waals surface area (Å²) in [4.78, 5) is 31.1. The molecule has 2 aromatic heterocycles. The summed E-state index contributed by atoms with van der Waals surface area (Å²) >= 11 is 0. The molecule has 0 saturated heterocycles. The first kappa shape index (κ1) is 19.5. The summed E-state index contributed by atoms with van der Waals surface area (Å²) in [5, 5.41) is 0. The van der Waals surface area contributed by atoms with Gasteiger partial charge in [-0.05, 0) is 49.1 Å². The van der Waals surface area contributed by atoms with Gasteiger partial charge in [-0.1, -0.05) is 36.4 Å². The molecule has 3 aromatic rings. The molecule has 3 rings (SSSR count). The average Bonchev–Trinajstić information content (AvgIpc) is 2.72. The van der Waals surface area contributed by atoms with E-state index in [0.29, 0.717) is 17.7 Å². The van der Waals surface area contributed by atoms with Gasteiger partial charge in [0, 0.05) is 25.9 Å². The predicted octanol–water partition coefficient (Wildman–Crippen LogP) is 3.96. The van der Waals surface area contributed by atoms with Gasteiger partial charge in [-0.3, -0.25) is 9.78 Å². The number of carbonyl (C=O) groups is 1. The zero-order valence-electron chi connectivity index (χ0n) is 16.4. The first-order valence-corrected chi connectivity index (χ1v) is 9.32. The lowest BCUT2D eigenvalue weighted by molar-refractivity contribution is 0.0736. The maximum Gasteiger partial charge on any atom is 0.349 e. The van der Waals surface area contributed by atoms with E-state index in [9.17, 15) is 9.59 Å². The highest BCUT2D eigenvalue weighted by molar-refractivity contribution is 5.95. The maximum atomic E-state index is 12.9. The van der Waals surface area contributed by atoms with Gasteiger partial charge in [0.2, 0.25) is 0 Å². The van der Waals surface area contributed by atoms with E-state index in [2.05, 4.69) is 4.98 Å². The van der Waals surface area contributed by atoms with Crippen molar-refractivity contribution in [2.75, 3.05) is 7.05 Å². The van der Waals surface area contributed by atoms with Crippen molar-refractivity contribution < 1.29 is 9.21 Å². The van der Waals surface area contributed by atoms with Crippen molar-refractivity contribution in [3.8, 4) is 0 Å². The summed E-state index contributed by atoms with van der Waals surface area (Å²) in [6.07, 6.45) is 4.78. The molecule has 5 heteroatoms. The molecule has 1 atom stereocenters. The van der Waals surface area contributed by atoms with Gasteiger partial charge in [-0.15, -0.1) is 0 Å². The van der Waals surface area contributed by atoms with E-state index in [0.717, 1.165) is 12.0 Å². The smallest absolute Gasteiger partial charge is 0.349 e. The zero-order valence-corrected chi connectivity index (χ0v) is 16.4. The third-order valence-corrected chi connectivity index (χ3v) is 4.98. The van der Waals surface area contributed by atoms with Crippen molar-refractivity contribution in [1.29, 1.82) is 0 Å². The summed E-state index contributed by atoms with van der Waals surface area (Å²) in [6, 6.07) is 15.3. The molecule has 0 radical (unpaired) electrons. The fourth-order valence-corrected chi connectivity index (χ4v) is 3.16. The van der Waals surface area contributed by atoms with Crippen LogP contribution in [0.2, 0.25) is 0 Å². The number of hydrogen-bond donors (Lipinski definition) is 0. The van der Waals surface area contributed by atoms with E-state index in [1.807, 2.05) is 49.4 Å². The van der Waals surface area contributed by atoms with Crippen LogP contribution in [0.1, 0.15) is 45.8 Å². The molecule has 0 aliphatic carbocycles. The monoisotopic (exact) mass is 376 g/mol. The molecule has 5 nitrogen and oxygen atoms in total. The third-order valence-electron chi connectivity index (χ3n) is 4.98. The van der Waals surface area contributed by atoms with Crippen molar-refractivity contribution in [2.45, 2.75) is 32.7 Å². The van der Waals surface area contributed by atoms with Crippen molar-refractivity contribution >= 4 is 5.91 Å². The van der Waals surface area contributed by atoms with Crippen molar-refractivity contribution in [3.05, 3.63) is 99.4 Å². The summed E-state index contributed by atoms with van der Waals surface area (Å²) < 4.78 is 5.45. The first-order chi connectivity index (χ1) is 13.5. The zero-order chi connectivity index (χ0) is 20.1. The second-order valence-corrected chi connectivity index (χ2v) is 6.92. The van der Waals surface area contributed by atoms with E-state index >= 15 is 0 Å². The number of carbonyl (C=O) groups excluding carboxylic acids is 1. The van der Waals surface area contributed by atoms with E-state index in [1.165, 1.54) is 5.56 Å². The second kappa shape index (κ2) is 8.65. The molecule has 0 fully saturated rings. The third kappa shape index (κ3) is 4.36. The van der Waals surface area contributed by atoms with E-state index in [-0.39, 0.29) is 17.5 Å². The molecule has 0 N–H and O–H groups in total. The molecule has 144 valence electrons. The average molecular weight is 376 g/mol. The molecule has 0 aliphatic heterocycles. The molecule has 0 spiro atoms. The molecule has 0 bridgehead atoms. The lowest BCUT2D eigenvalue weighted by Crippen LogP contribution is -2.34. The Morgan fingerprint density at radius 1 is 1.14 bits per heavy atom. The maximum absolute atomic E-state index is 12.9. The molecule has 0 aliphatic rings. The quantitative estimate of drug-likeness (QED) is 0.653. The molecular weight excluding hydrogens is 352 g/mol. The normalized spacial score (nSPS) is 11.8. The molecule has 2 heterocycles. The Bertz CT molecular complexity index is 997. The van der Waals surface area contributed by atoms with Gasteiger partial charge in [-0.25, -0.2) is 4.79 Å². The number of nitrogens with zero attached hydrogens (tertiary/aromatic N) is 2. The Labute approximate surface area is 164 Å². The Morgan fingerprint density at radius 2 is 1.89 bits per heavy atom. The number of amides is 1. The van der Waals surface area contributed by atoms with E-state index < -0.39 is 5.63 Å². The van der Waals surface area contributed by atoms with Gasteiger partial charge in [0.25, 0.3) is 5.91 Å². The van der Waals surface area contributed by atoms with Crippen LogP contribution in [0, 0.1) is 6.92 Å². The SMILES string of the molecule is Cc1cc(CCc2ccccc2)oc(=O)c1C(=O)N(C)C(C)c1cccnc1. The number of benzene rings is 1. The summed E-state index contributed by atoms with van der Waals surface area (Å²) in [6.45, 7) is 3.68. The summed E-state index contributed by atoms with van der Waals surface area (Å²) in [5.74, 6) is 0.239. The van der Waals surface area contributed by atoms with Gasteiger partial charge >= 0.3 is 5.63 Å². The highest BCUT2D eigenvalue weighted by atomic mass is 16.4. The van der Waals surface area contributed by atoms with Gasteiger partial charge in [0.15, 0.2) is 0 Å². The molecular formula is C23H24N2O3. The van der Waals surface area contributed by atoms with Gasteiger partial charge < -0.3 is 9.32 Å². The largest absolute Gasteiger partial charge is 0.427 e. The van der Waals surface area contributed by atoms with Crippen molar-refractivity contribution in [3.63, 3.8) is 0 Å². The van der Waals surface area contributed by atoms with Crippen LogP contribution in [0.15, 0.2) is 70.1 Å². The highest BCUT2D eigenvalue weighted by Gasteiger charge is 2.24. The number of rotatable bonds is 6. The second-order valence-electron chi connectivity index (χ2n) is 6.92. The van der Waals surface area contributed by atoms with E-state index in [4.69, 9.17) is 4.42 Å². The number of aryl methyl sites for hydroxylation is 3. The van der Waals surface area contributed by atoms with Gasteiger partial charge in [-0.2, -0.15) is 0 Å². The van der Waals surface area contributed by atoms with Crippen LogP contribution in [-0.2, 0) is 12.8 Å². The minimum atomic E-state index is -0.585. The first-order valence-electron chi connectivity index (χ1n) is 9.32. The minimum Gasteiger partial charge on any atom is -0.427 e. The van der Waals surface area contributed by atoms with Crippen LogP contribution in [0.3, 0.4) is 0 Å². The predicted molar refractivity (Wildman–Crippen MR) is 108 cm³/mol. The van der Waals surface area contributed by atoms with Crippen molar-refractivity contribution in [2.24, 2.45) is 0 Å². The highest BCUT2D eigenvalue weighted by Crippen LogP contribution is 2.20. The van der Waals surface area contributed by atoms with Crippen LogP contribution < -0.4 is 5.63 Å². The molecule has 28 heavy (non-hydrogen) atoms. The van der Waals surface area contributed by atoms with Crippen LogP contribution >= 0.6 is 0 Å². The molecule has 1 amide bonds. The van der Waals surface area contributed by atoms with Gasteiger partial charge in [0.1, 0.15) is 11.3 Å². The number of pyridine rings is 1. The fourth-order valence-electron chi connectivity index (χ4n) is 3.16. The topological polar surface area (TPSA) is 63.4 Å². The Hall–Kier alpha value is -3.21. The van der Waals surface area contributed by atoms with Gasteiger partial charge in [0.05, 0.1) is 6.04 Å². The standard InChI is InChI=1S/C23H24N2O3/c1-16-14-20(12-11-18-8-5-4-6-9-18)28-23(27)21(16)22(26)25(3)17(2)19-10-7-13-24-15-19/h4-10,13-15,17H,11-12H2,1-3H3. The Morgan fingerprint density at radius 3 is 2.54 bits per heavy atom. The van der Waals surface area contributed by atoms with E-state index in [1.54, 1.807) is 37.3 Å². The van der Waals surface area contributed by atoms with Crippen LogP contribution in [0.5, 0.6) is 0 Å². The van der Waals surface area contributed by atoms with Crippen molar-refractivity contribution in [1.82, 2.24) is 9.88 Å². The number of hydrogen-bond acceptors (Lipinski definition) is 4. The lowest BCUT2D eigenvalue weighted by atomic mass is 10.0. The Balaban J connectivity index is 1.78. The lowest BCUT2D eigenvalue weighted by Gasteiger charge is -2.25. The molecule has 1 aromatic carbocycles. The minimum absolute atomic E-state index is 0.0849. The molecule has 0 saturated carbocycles. The fraction of sp³-hybridized carbons (Fsp3) is 0.261. The summed E-state index contributed by atoms with van der Waals surface area (Å²) in [5.41, 5.74) is 2.21.